The largest absolute Gasteiger partial charge is 0.480 e. The van der Waals surface area contributed by atoms with Crippen LogP contribution < -0.4 is 21.3 Å². The first-order valence-corrected chi connectivity index (χ1v) is 23.5. The topological polar surface area (TPSA) is 333 Å². The zero-order chi connectivity index (χ0) is 50.9. The first-order chi connectivity index (χ1) is 32.8. The molecule has 1 saturated carbocycles. The molecule has 0 bridgehead atoms. The molecule has 1 aliphatic carbocycles. The Bertz CT molecular complexity index is 1880. The van der Waals surface area contributed by atoms with Crippen molar-refractivity contribution in [2.24, 2.45) is 11.8 Å². The normalized spacial score (nSPS) is 18.8. The Morgan fingerprint density at radius 2 is 1.04 bits per heavy atom. The van der Waals surface area contributed by atoms with Crippen LogP contribution in [0.1, 0.15) is 93.5 Å². The summed E-state index contributed by atoms with van der Waals surface area (Å²) < 4.78 is 0. The number of hydrogen-bond donors (Lipinski definition) is 9. The number of urea groups is 1. The number of unbranched alkanes of at least 4 members (excludes halogenated alkanes) is 1. The molecular formula is C46H70N8O15. The summed E-state index contributed by atoms with van der Waals surface area (Å²) in [5, 5.41) is 57.4. The zero-order valence-electron chi connectivity index (χ0n) is 39.4. The Balaban J connectivity index is 1.38. The van der Waals surface area contributed by atoms with Crippen LogP contribution in [0.3, 0.4) is 0 Å². The highest BCUT2D eigenvalue weighted by molar-refractivity contribution is 5.96. The van der Waals surface area contributed by atoms with Crippen molar-refractivity contribution in [1.82, 2.24) is 40.9 Å². The second kappa shape index (κ2) is 30.4. The molecule has 0 aromatic heterocycles. The Morgan fingerprint density at radius 1 is 0.580 bits per heavy atom. The van der Waals surface area contributed by atoms with E-state index in [1.54, 1.807) is 39.0 Å². The smallest absolute Gasteiger partial charge is 0.326 e. The van der Waals surface area contributed by atoms with Crippen molar-refractivity contribution in [3.05, 3.63) is 35.4 Å². The van der Waals surface area contributed by atoms with E-state index in [4.69, 9.17) is 0 Å². The standard InChI is InChI=1S/C46H70N8O15/c1-31(55)5-15-37(45(67)68)50-46(69)49-36(44(65)66)4-2-3-17-47-43(64)35-13-6-32(7-14-35)10-16-38(56)34-11-8-33(9-12-34)26-48-39(57)27-51-18-20-52(28-40(58)59)22-24-54(30-42(62)63)25-23-53(21-19-51)29-41(60)61/h8-9,11-12,32,35-37H,2-7,10,13-30H2,1H3,(H,47,64)(H,48,57)(H,58,59)(H,60,61)(H,62,63)(H,65,66)(H,67,68)(H2,49,50,69)/t32?,35?,36-,37-/m0/s1. The van der Waals surface area contributed by atoms with Gasteiger partial charge in [-0.2, -0.15) is 0 Å². The van der Waals surface area contributed by atoms with Gasteiger partial charge in [-0.05, 0) is 76.2 Å². The summed E-state index contributed by atoms with van der Waals surface area (Å²) in [6, 6.07) is 3.39. The second-order valence-electron chi connectivity index (χ2n) is 17.9. The van der Waals surface area contributed by atoms with Gasteiger partial charge in [-0.25, -0.2) is 14.4 Å². The van der Waals surface area contributed by atoms with Crippen molar-refractivity contribution in [1.29, 1.82) is 0 Å². The van der Waals surface area contributed by atoms with Gasteiger partial charge in [0.1, 0.15) is 17.9 Å². The van der Waals surface area contributed by atoms with E-state index < -0.39 is 48.0 Å². The fourth-order valence-corrected chi connectivity index (χ4v) is 8.30. The molecule has 1 aliphatic heterocycles. The number of ketones is 2. The molecule has 1 saturated heterocycles. The van der Waals surface area contributed by atoms with E-state index in [0.717, 1.165) is 18.4 Å². The van der Waals surface area contributed by atoms with Crippen LogP contribution in [0.15, 0.2) is 24.3 Å². The van der Waals surface area contributed by atoms with Gasteiger partial charge in [0, 0.05) is 89.8 Å². The molecule has 4 amide bonds. The van der Waals surface area contributed by atoms with Gasteiger partial charge in [0.2, 0.25) is 11.8 Å². The second-order valence-corrected chi connectivity index (χ2v) is 17.9. The van der Waals surface area contributed by atoms with E-state index in [2.05, 4.69) is 21.3 Å². The molecule has 0 spiro atoms. The minimum atomic E-state index is -1.35. The van der Waals surface area contributed by atoms with Gasteiger partial charge < -0.3 is 51.6 Å². The molecule has 1 heterocycles. The quantitative estimate of drug-likeness (QED) is 0.0426. The zero-order valence-corrected chi connectivity index (χ0v) is 39.4. The third-order valence-electron chi connectivity index (χ3n) is 12.3. The molecule has 2 atom stereocenters. The maximum atomic E-state index is 13.1. The molecule has 1 aromatic carbocycles. The number of nitrogens with one attached hydrogen (secondary N) is 4. The molecule has 23 nitrogen and oxygen atoms in total. The van der Waals surface area contributed by atoms with Crippen molar-refractivity contribution in [3.8, 4) is 0 Å². The fourth-order valence-electron chi connectivity index (χ4n) is 8.30. The number of aliphatic carboxylic acids is 5. The number of hydrogen-bond acceptors (Lipinski definition) is 14. The van der Waals surface area contributed by atoms with Crippen LogP contribution >= 0.6 is 0 Å². The van der Waals surface area contributed by atoms with Crippen LogP contribution in [0.5, 0.6) is 0 Å². The number of carboxylic acid groups (broad SMARTS) is 5. The lowest BCUT2D eigenvalue weighted by atomic mass is 9.79. The van der Waals surface area contributed by atoms with Gasteiger partial charge in [-0.3, -0.25) is 48.4 Å². The van der Waals surface area contributed by atoms with E-state index in [-0.39, 0.29) is 126 Å². The lowest BCUT2D eigenvalue weighted by molar-refractivity contribution is -0.140. The number of rotatable bonds is 27. The van der Waals surface area contributed by atoms with Gasteiger partial charge in [-0.15, -0.1) is 0 Å². The summed E-state index contributed by atoms with van der Waals surface area (Å²) in [7, 11) is 0. The number of nitrogens with zero attached hydrogens (tertiary/aromatic N) is 4. The molecular weight excluding hydrogens is 905 g/mol. The highest BCUT2D eigenvalue weighted by Gasteiger charge is 2.28. The molecule has 3 rings (SSSR count). The minimum Gasteiger partial charge on any atom is -0.480 e. The van der Waals surface area contributed by atoms with E-state index >= 15 is 0 Å². The minimum absolute atomic E-state index is 0.0145. The van der Waals surface area contributed by atoms with Crippen LogP contribution in [0.2, 0.25) is 0 Å². The lowest BCUT2D eigenvalue weighted by Gasteiger charge is -2.32. The monoisotopic (exact) mass is 974 g/mol. The summed E-state index contributed by atoms with van der Waals surface area (Å²) in [4.78, 5) is 127. The maximum absolute atomic E-state index is 13.1. The van der Waals surface area contributed by atoms with Gasteiger partial charge in [0.05, 0.1) is 26.2 Å². The molecule has 2 fully saturated rings. The highest BCUT2D eigenvalue weighted by atomic mass is 16.4. The van der Waals surface area contributed by atoms with Crippen LogP contribution in [0.4, 0.5) is 4.79 Å². The first kappa shape index (κ1) is 57.3. The molecule has 9 N–H and O–H groups in total. The van der Waals surface area contributed by atoms with Gasteiger partial charge in [-0.1, -0.05) is 24.3 Å². The maximum Gasteiger partial charge on any atom is 0.326 e. The van der Waals surface area contributed by atoms with Crippen molar-refractivity contribution >= 4 is 59.3 Å². The first-order valence-electron chi connectivity index (χ1n) is 23.5. The average Bonchev–Trinajstić information content (AvgIpc) is 3.28. The Labute approximate surface area is 401 Å². The lowest BCUT2D eigenvalue weighted by Crippen LogP contribution is -2.51. The molecule has 0 radical (unpaired) electrons. The van der Waals surface area contributed by atoms with E-state index in [9.17, 15) is 73.5 Å². The van der Waals surface area contributed by atoms with Crippen LogP contribution in [-0.2, 0) is 44.9 Å². The van der Waals surface area contributed by atoms with Crippen LogP contribution in [0, 0.1) is 11.8 Å². The SMILES string of the molecule is CC(=O)CC[C@H](NC(=O)N[C@@H](CCCCNC(=O)C1CCC(CCC(=O)c2ccc(CNC(=O)CN3CCN(CC(=O)O)CCN(CC(=O)O)CCN(CC(=O)O)CC3)cc2)CC1)C(=O)O)C(=O)O. The van der Waals surface area contributed by atoms with Crippen molar-refractivity contribution in [2.45, 2.75) is 96.2 Å². The fraction of sp³-hybridized carbons (Fsp3) is 0.652. The summed E-state index contributed by atoms with van der Waals surface area (Å²) in [5.74, 6) is -6.29. The average molecular weight is 975 g/mol. The highest BCUT2D eigenvalue weighted by Crippen LogP contribution is 2.32. The number of amides is 4. The third-order valence-corrected chi connectivity index (χ3v) is 12.3. The van der Waals surface area contributed by atoms with Crippen molar-refractivity contribution < 1.29 is 73.5 Å². The summed E-state index contributed by atoms with van der Waals surface area (Å²) in [6.45, 7) is 3.25. The Kier molecular flexibility index (Phi) is 25.3. The third kappa shape index (κ3) is 23.7. The van der Waals surface area contributed by atoms with Crippen LogP contribution in [0.25, 0.3) is 0 Å². The molecule has 69 heavy (non-hydrogen) atoms. The molecule has 2 aliphatic rings. The molecule has 384 valence electrons. The van der Waals surface area contributed by atoms with E-state index in [0.29, 0.717) is 63.7 Å². The van der Waals surface area contributed by atoms with Crippen molar-refractivity contribution in [2.75, 3.05) is 85.1 Å². The predicted octanol–water partition coefficient (Wildman–Crippen LogP) is 0.409. The van der Waals surface area contributed by atoms with Gasteiger partial charge >= 0.3 is 35.9 Å². The molecule has 23 heteroatoms. The number of carboxylic acids is 5. The Hall–Kier alpha value is -6.04. The predicted molar refractivity (Wildman–Crippen MR) is 247 cm³/mol. The Morgan fingerprint density at radius 3 is 1.49 bits per heavy atom. The number of carbonyl (C=O) groups is 10. The number of carbonyl (C=O) groups excluding carboxylic acids is 5. The molecule has 1 aromatic rings. The van der Waals surface area contributed by atoms with Gasteiger partial charge in [0.15, 0.2) is 5.78 Å². The summed E-state index contributed by atoms with van der Waals surface area (Å²) in [5.41, 5.74) is 1.32. The number of benzene rings is 1. The van der Waals surface area contributed by atoms with E-state index in [1.165, 1.54) is 6.92 Å². The summed E-state index contributed by atoms with van der Waals surface area (Å²) in [6.07, 6.45) is 4.64. The number of Topliss-reactive ketones (excluding diaryl/α,β-unsaturated/α-hetero) is 2. The molecule has 0 unspecified atom stereocenters. The summed E-state index contributed by atoms with van der Waals surface area (Å²) >= 11 is 0. The van der Waals surface area contributed by atoms with Gasteiger partial charge in [0.25, 0.3) is 0 Å². The van der Waals surface area contributed by atoms with Crippen LogP contribution in [-0.4, -0.2) is 202 Å². The van der Waals surface area contributed by atoms with Crippen molar-refractivity contribution in [3.63, 3.8) is 0 Å². The van der Waals surface area contributed by atoms with E-state index in [1.807, 2.05) is 4.90 Å².